The molecule has 1 N–H and O–H groups in total. The summed E-state index contributed by atoms with van der Waals surface area (Å²) in [6.07, 6.45) is 4.98. The van der Waals surface area contributed by atoms with Gasteiger partial charge in [-0.25, -0.2) is 0 Å². The quantitative estimate of drug-likeness (QED) is 0.609. The molecule has 0 unspecified atom stereocenters. The van der Waals surface area contributed by atoms with Gasteiger partial charge in [-0.05, 0) is 25.2 Å². The van der Waals surface area contributed by atoms with Crippen molar-refractivity contribution in [2.75, 3.05) is 4.43 Å². The number of hydrogen-bond donors (Lipinski definition) is 1. The van der Waals surface area contributed by atoms with E-state index in [0.29, 0.717) is 6.04 Å². The first-order valence-electron chi connectivity index (χ1n) is 4.55. The van der Waals surface area contributed by atoms with Gasteiger partial charge in [0.05, 0.1) is 0 Å². The van der Waals surface area contributed by atoms with Gasteiger partial charge < -0.3 is 5.32 Å². The fourth-order valence-corrected chi connectivity index (χ4v) is 2.65. The van der Waals surface area contributed by atoms with E-state index in [9.17, 15) is 4.79 Å². The highest BCUT2D eigenvalue weighted by atomic mass is 127. The summed E-state index contributed by atoms with van der Waals surface area (Å²) in [6, 6.07) is 0.455. The highest BCUT2D eigenvalue weighted by molar-refractivity contribution is 14.1. The topological polar surface area (TPSA) is 29.1 Å². The van der Waals surface area contributed by atoms with Crippen molar-refractivity contribution in [2.24, 2.45) is 5.92 Å². The molecule has 0 aromatic carbocycles. The van der Waals surface area contributed by atoms with Crippen LogP contribution in [-0.2, 0) is 4.79 Å². The van der Waals surface area contributed by atoms with E-state index >= 15 is 0 Å². The van der Waals surface area contributed by atoms with Crippen LogP contribution in [0.1, 0.15) is 32.6 Å². The molecular formula is C9H16INO. The first kappa shape index (κ1) is 10.3. The van der Waals surface area contributed by atoms with Gasteiger partial charge in [0.25, 0.3) is 0 Å². The lowest BCUT2D eigenvalue weighted by Gasteiger charge is -2.28. The normalized spacial score (nSPS) is 29.8. The summed E-state index contributed by atoms with van der Waals surface area (Å²) in [6.45, 7) is 1.60. The van der Waals surface area contributed by atoms with Crippen molar-refractivity contribution >= 4 is 28.5 Å². The molecule has 12 heavy (non-hydrogen) atoms. The average Bonchev–Trinajstić information content (AvgIpc) is 2.03. The van der Waals surface area contributed by atoms with Gasteiger partial charge in [0, 0.05) is 17.4 Å². The van der Waals surface area contributed by atoms with E-state index in [2.05, 4.69) is 27.9 Å². The molecule has 0 spiro atoms. The molecule has 0 aromatic rings. The Bertz CT molecular complexity index is 161. The summed E-state index contributed by atoms with van der Waals surface area (Å²) in [5, 5.41) is 3.00. The minimum absolute atomic E-state index is 0.120. The number of rotatable bonds is 2. The minimum atomic E-state index is 0.120. The molecule has 2 nitrogen and oxygen atoms in total. The number of carbonyl (C=O) groups excluding carboxylic acids is 1. The van der Waals surface area contributed by atoms with Crippen LogP contribution in [0.4, 0.5) is 0 Å². The Morgan fingerprint density at radius 1 is 1.58 bits per heavy atom. The zero-order valence-corrected chi connectivity index (χ0v) is 9.63. The third kappa shape index (κ3) is 3.29. The van der Waals surface area contributed by atoms with Crippen LogP contribution in [0.3, 0.4) is 0 Å². The van der Waals surface area contributed by atoms with Gasteiger partial charge >= 0.3 is 0 Å². The number of amides is 1. The molecule has 0 heterocycles. The van der Waals surface area contributed by atoms with Gasteiger partial charge in [-0.15, -0.1) is 0 Å². The molecule has 0 aromatic heterocycles. The maximum Gasteiger partial charge on any atom is 0.217 e. The third-order valence-corrected chi connectivity index (χ3v) is 3.65. The lowest BCUT2D eigenvalue weighted by molar-refractivity contribution is -0.119. The van der Waals surface area contributed by atoms with Crippen molar-refractivity contribution in [1.29, 1.82) is 0 Å². The maximum absolute atomic E-state index is 10.8. The molecule has 1 aliphatic carbocycles. The average molecular weight is 281 g/mol. The van der Waals surface area contributed by atoms with Gasteiger partial charge in [-0.3, -0.25) is 4.79 Å². The Hall–Kier alpha value is 0.200. The lowest BCUT2D eigenvalue weighted by Crippen LogP contribution is -2.37. The summed E-state index contributed by atoms with van der Waals surface area (Å²) >= 11 is 2.44. The maximum atomic E-state index is 10.8. The summed E-state index contributed by atoms with van der Waals surface area (Å²) in [5.74, 6) is 0.949. The third-order valence-electron chi connectivity index (χ3n) is 2.41. The SMILES string of the molecule is CC(=O)N[C@@H]1CCC[C@H](CI)C1. The van der Waals surface area contributed by atoms with Crippen molar-refractivity contribution in [3.05, 3.63) is 0 Å². The predicted molar refractivity (Wildman–Crippen MR) is 58.4 cm³/mol. The van der Waals surface area contributed by atoms with Crippen molar-refractivity contribution in [3.8, 4) is 0 Å². The summed E-state index contributed by atoms with van der Waals surface area (Å²) in [7, 11) is 0. The van der Waals surface area contributed by atoms with Crippen LogP contribution in [-0.4, -0.2) is 16.4 Å². The summed E-state index contributed by atoms with van der Waals surface area (Å²) in [4.78, 5) is 10.8. The number of hydrogen-bond acceptors (Lipinski definition) is 1. The standard InChI is InChI=1S/C9H16INO/c1-7(12)11-9-4-2-3-8(5-9)6-10/h8-9H,2-6H2,1H3,(H,11,12)/t8-,9+/m0/s1. The summed E-state index contributed by atoms with van der Waals surface area (Å²) < 4.78 is 1.23. The van der Waals surface area contributed by atoms with Crippen LogP contribution in [0.15, 0.2) is 0 Å². The second kappa shape index (κ2) is 5.04. The number of alkyl halides is 1. The van der Waals surface area contributed by atoms with Gasteiger partial charge in [-0.2, -0.15) is 0 Å². The molecule has 0 radical (unpaired) electrons. The van der Waals surface area contributed by atoms with Crippen molar-refractivity contribution in [3.63, 3.8) is 0 Å². The fourth-order valence-electron chi connectivity index (χ4n) is 1.85. The van der Waals surface area contributed by atoms with E-state index in [-0.39, 0.29) is 5.91 Å². The second-order valence-electron chi connectivity index (χ2n) is 3.58. The van der Waals surface area contributed by atoms with Gasteiger partial charge in [0.1, 0.15) is 0 Å². The van der Waals surface area contributed by atoms with E-state index in [4.69, 9.17) is 0 Å². The highest BCUT2D eigenvalue weighted by Gasteiger charge is 2.21. The minimum Gasteiger partial charge on any atom is -0.354 e. The van der Waals surface area contributed by atoms with Crippen LogP contribution < -0.4 is 5.32 Å². The first-order chi connectivity index (χ1) is 5.72. The second-order valence-corrected chi connectivity index (χ2v) is 4.47. The Kier molecular flexibility index (Phi) is 4.32. The molecule has 1 saturated carbocycles. The zero-order valence-electron chi connectivity index (χ0n) is 7.48. The van der Waals surface area contributed by atoms with E-state index in [1.807, 2.05) is 0 Å². The predicted octanol–water partition coefficient (Wildman–Crippen LogP) is 2.12. The van der Waals surface area contributed by atoms with E-state index < -0.39 is 0 Å². The van der Waals surface area contributed by atoms with Gasteiger partial charge in [0.2, 0.25) is 5.91 Å². The molecule has 2 atom stereocenters. The molecular weight excluding hydrogens is 265 g/mol. The number of nitrogens with one attached hydrogen (secondary N) is 1. The Morgan fingerprint density at radius 3 is 2.92 bits per heavy atom. The molecule has 0 aliphatic heterocycles. The van der Waals surface area contributed by atoms with Crippen molar-refractivity contribution in [2.45, 2.75) is 38.6 Å². The molecule has 1 rings (SSSR count). The lowest BCUT2D eigenvalue weighted by atomic mass is 9.87. The largest absolute Gasteiger partial charge is 0.354 e. The highest BCUT2D eigenvalue weighted by Crippen LogP contribution is 2.25. The van der Waals surface area contributed by atoms with Crippen molar-refractivity contribution < 1.29 is 4.79 Å². The van der Waals surface area contributed by atoms with E-state index in [0.717, 1.165) is 5.92 Å². The molecule has 3 heteroatoms. The van der Waals surface area contributed by atoms with Crippen LogP contribution in [0, 0.1) is 5.92 Å². The van der Waals surface area contributed by atoms with Gasteiger partial charge in [0.15, 0.2) is 0 Å². The molecule has 70 valence electrons. The van der Waals surface area contributed by atoms with Crippen LogP contribution in [0.5, 0.6) is 0 Å². The molecule has 1 fully saturated rings. The monoisotopic (exact) mass is 281 g/mol. The van der Waals surface area contributed by atoms with E-state index in [1.165, 1.54) is 30.1 Å². The molecule has 1 aliphatic rings. The Labute approximate surface area is 87.6 Å². The molecule has 1 amide bonds. The van der Waals surface area contributed by atoms with Crippen molar-refractivity contribution in [1.82, 2.24) is 5.32 Å². The molecule has 0 bridgehead atoms. The van der Waals surface area contributed by atoms with Crippen LogP contribution in [0.25, 0.3) is 0 Å². The smallest absolute Gasteiger partial charge is 0.217 e. The van der Waals surface area contributed by atoms with Gasteiger partial charge in [-0.1, -0.05) is 29.0 Å². The Morgan fingerprint density at radius 2 is 2.33 bits per heavy atom. The number of carbonyl (C=O) groups is 1. The van der Waals surface area contributed by atoms with E-state index in [1.54, 1.807) is 6.92 Å². The fraction of sp³-hybridized carbons (Fsp3) is 0.889. The zero-order chi connectivity index (χ0) is 8.97. The van der Waals surface area contributed by atoms with Crippen LogP contribution in [0.2, 0.25) is 0 Å². The molecule has 0 saturated heterocycles. The number of halogens is 1. The summed E-state index contributed by atoms with van der Waals surface area (Å²) in [5.41, 5.74) is 0. The Balaban J connectivity index is 2.30. The van der Waals surface area contributed by atoms with Crippen LogP contribution >= 0.6 is 22.6 Å². The first-order valence-corrected chi connectivity index (χ1v) is 6.08.